The number of halogens is 2. The van der Waals surface area contributed by atoms with E-state index in [4.69, 9.17) is 11.0 Å². The zero-order valence-electron chi connectivity index (χ0n) is 10.7. The van der Waals surface area contributed by atoms with Gasteiger partial charge in [0.05, 0.1) is 22.3 Å². The van der Waals surface area contributed by atoms with E-state index in [0.29, 0.717) is 0 Å². The van der Waals surface area contributed by atoms with Crippen molar-refractivity contribution in [1.82, 2.24) is 0 Å². The molecule has 2 N–H and O–H groups in total. The van der Waals surface area contributed by atoms with Crippen molar-refractivity contribution < 1.29 is 17.2 Å². The summed E-state index contributed by atoms with van der Waals surface area (Å²) in [6.07, 6.45) is 0. The fourth-order valence-electron chi connectivity index (χ4n) is 1.81. The predicted molar refractivity (Wildman–Crippen MR) is 72.8 cm³/mol. The lowest BCUT2D eigenvalue weighted by Gasteiger charge is -2.07. The number of nitrogen functional groups attached to an aromatic ring is 1. The Morgan fingerprint density at radius 3 is 2.48 bits per heavy atom. The monoisotopic (exact) mass is 308 g/mol. The van der Waals surface area contributed by atoms with E-state index in [1.54, 1.807) is 6.07 Å². The van der Waals surface area contributed by atoms with Crippen LogP contribution in [0.4, 0.5) is 14.5 Å². The fraction of sp³-hybridized carbons (Fsp3) is 0.0714. The third kappa shape index (κ3) is 3.35. The number of rotatable bonds is 3. The molecular weight excluding hydrogens is 298 g/mol. The molecule has 0 aromatic heterocycles. The van der Waals surface area contributed by atoms with Gasteiger partial charge >= 0.3 is 0 Å². The van der Waals surface area contributed by atoms with Gasteiger partial charge in [-0.25, -0.2) is 17.2 Å². The van der Waals surface area contributed by atoms with Crippen molar-refractivity contribution >= 4 is 15.5 Å². The van der Waals surface area contributed by atoms with Gasteiger partial charge in [0.25, 0.3) is 0 Å². The minimum absolute atomic E-state index is 0.0418. The molecule has 4 nitrogen and oxygen atoms in total. The topological polar surface area (TPSA) is 84.0 Å². The number of sulfone groups is 1. The number of nitrogens with two attached hydrogens (primary N) is 1. The Morgan fingerprint density at radius 2 is 1.86 bits per heavy atom. The third-order valence-corrected chi connectivity index (χ3v) is 4.42. The molecule has 0 aliphatic carbocycles. The second-order valence-corrected chi connectivity index (χ2v) is 6.39. The van der Waals surface area contributed by atoms with Gasteiger partial charge < -0.3 is 5.73 Å². The molecule has 0 heterocycles. The summed E-state index contributed by atoms with van der Waals surface area (Å²) in [4.78, 5) is -0.332. The van der Waals surface area contributed by atoms with Crippen LogP contribution in [0.5, 0.6) is 0 Å². The number of nitriles is 1. The van der Waals surface area contributed by atoms with Crippen LogP contribution in [0.2, 0.25) is 0 Å². The fourth-order valence-corrected chi connectivity index (χ4v) is 3.21. The summed E-state index contributed by atoms with van der Waals surface area (Å²) in [7, 11) is -3.98. The molecule has 21 heavy (non-hydrogen) atoms. The highest BCUT2D eigenvalue weighted by Crippen LogP contribution is 2.22. The lowest BCUT2D eigenvalue weighted by Crippen LogP contribution is -2.08. The molecule has 0 spiro atoms. The molecule has 2 rings (SSSR count). The van der Waals surface area contributed by atoms with E-state index in [0.717, 1.165) is 30.3 Å². The molecule has 2 aromatic carbocycles. The molecule has 108 valence electrons. The van der Waals surface area contributed by atoms with Gasteiger partial charge in [-0.3, -0.25) is 0 Å². The van der Waals surface area contributed by atoms with Gasteiger partial charge in [-0.05, 0) is 36.4 Å². The van der Waals surface area contributed by atoms with Crippen LogP contribution < -0.4 is 5.73 Å². The van der Waals surface area contributed by atoms with Gasteiger partial charge in [0, 0.05) is 11.3 Å². The van der Waals surface area contributed by atoms with Crippen LogP contribution in [0.25, 0.3) is 0 Å². The number of benzene rings is 2. The van der Waals surface area contributed by atoms with Crippen molar-refractivity contribution in [2.45, 2.75) is 10.6 Å². The van der Waals surface area contributed by atoms with Gasteiger partial charge in [0.15, 0.2) is 9.84 Å². The molecule has 0 saturated heterocycles. The lowest BCUT2D eigenvalue weighted by atomic mass is 10.1. The second-order valence-electron chi connectivity index (χ2n) is 4.40. The summed E-state index contributed by atoms with van der Waals surface area (Å²) in [5, 5.41) is 8.75. The summed E-state index contributed by atoms with van der Waals surface area (Å²) < 4.78 is 51.2. The molecule has 0 amide bonds. The van der Waals surface area contributed by atoms with Crippen molar-refractivity contribution in [2.75, 3.05) is 5.73 Å². The smallest absolute Gasteiger partial charge is 0.182 e. The van der Waals surface area contributed by atoms with Crippen molar-refractivity contribution in [3.05, 3.63) is 59.2 Å². The van der Waals surface area contributed by atoms with Gasteiger partial charge in [-0.15, -0.1) is 0 Å². The van der Waals surface area contributed by atoms with Crippen LogP contribution in [0.3, 0.4) is 0 Å². The van der Waals surface area contributed by atoms with Crippen molar-refractivity contribution in [3.63, 3.8) is 0 Å². The number of hydrogen-bond acceptors (Lipinski definition) is 4. The minimum Gasteiger partial charge on any atom is -0.399 e. The number of nitrogens with zero attached hydrogens (tertiary/aromatic N) is 1. The highest BCUT2D eigenvalue weighted by atomic mass is 32.2. The normalized spacial score (nSPS) is 11.1. The molecule has 7 heteroatoms. The van der Waals surface area contributed by atoms with Crippen LogP contribution >= 0.6 is 0 Å². The average molecular weight is 308 g/mol. The molecule has 0 aliphatic heterocycles. The molecule has 0 saturated carbocycles. The van der Waals surface area contributed by atoms with Crippen LogP contribution in [0.1, 0.15) is 11.1 Å². The first-order chi connectivity index (χ1) is 9.81. The van der Waals surface area contributed by atoms with E-state index < -0.39 is 27.2 Å². The maximum Gasteiger partial charge on any atom is 0.182 e. The Labute approximate surface area is 120 Å². The van der Waals surface area contributed by atoms with Crippen LogP contribution in [-0.2, 0) is 15.6 Å². The van der Waals surface area contributed by atoms with Gasteiger partial charge in [-0.1, -0.05) is 0 Å². The summed E-state index contributed by atoms with van der Waals surface area (Å²) in [6, 6.07) is 8.11. The van der Waals surface area contributed by atoms with Crippen molar-refractivity contribution in [2.24, 2.45) is 0 Å². The van der Waals surface area contributed by atoms with E-state index in [1.807, 2.05) is 0 Å². The Kier molecular flexibility index (Phi) is 3.91. The molecule has 2 aromatic rings. The standard InChI is InChI=1S/C14H10F2N2O2S/c15-11-4-12(18)6-13(5-11)21(19,20)8-10-3-9(7-17)1-2-14(10)16/h1-6H,8,18H2. The predicted octanol–water partition coefficient (Wildman–Crippen LogP) is 2.39. The maximum atomic E-state index is 13.6. The van der Waals surface area contributed by atoms with E-state index in [-0.39, 0.29) is 21.7 Å². The molecule has 0 unspecified atom stereocenters. The van der Waals surface area contributed by atoms with Crippen molar-refractivity contribution in [3.8, 4) is 6.07 Å². The lowest BCUT2D eigenvalue weighted by molar-refractivity contribution is 0.583. The van der Waals surface area contributed by atoms with E-state index in [1.165, 1.54) is 6.07 Å². The molecule has 0 fully saturated rings. The Bertz CT molecular complexity index is 822. The summed E-state index contributed by atoms with van der Waals surface area (Å²) >= 11 is 0. The van der Waals surface area contributed by atoms with E-state index in [2.05, 4.69) is 0 Å². The number of hydrogen-bond donors (Lipinski definition) is 1. The first-order valence-electron chi connectivity index (χ1n) is 5.79. The quantitative estimate of drug-likeness (QED) is 0.882. The zero-order valence-corrected chi connectivity index (χ0v) is 11.5. The first-order valence-corrected chi connectivity index (χ1v) is 7.44. The Morgan fingerprint density at radius 1 is 1.14 bits per heavy atom. The molecule has 0 bridgehead atoms. The summed E-state index contributed by atoms with van der Waals surface area (Å²) in [5.41, 5.74) is 5.35. The van der Waals surface area contributed by atoms with Gasteiger partial charge in [-0.2, -0.15) is 5.26 Å². The molecule has 0 radical (unpaired) electrons. The Balaban J connectivity index is 2.44. The summed E-state index contributed by atoms with van der Waals surface area (Å²) in [6.45, 7) is 0. The molecular formula is C14H10F2N2O2S. The third-order valence-electron chi connectivity index (χ3n) is 2.77. The Hall–Kier alpha value is -2.46. The van der Waals surface area contributed by atoms with Crippen LogP contribution in [-0.4, -0.2) is 8.42 Å². The minimum atomic E-state index is -3.98. The van der Waals surface area contributed by atoms with Gasteiger partial charge in [0.1, 0.15) is 11.6 Å². The van der Waals surface area contributed by atoms with Crippen molar-refractivity contribution in [1.29, 1.82) is 5.26 Å². The van der Waals surface area contributed by atoms with Crippen LogP contribution in [0.15, 0.2) is 41.3 Å². The van der Waals surface area contributed by atoms with Gasteiger partial charge in [0.2, 0.25) is 0 Å². The highest BCUT2D eigenvalue weighted by molar-refractivity contribution is 7.90. The number of anilines is 1. The first kappa shape index (κ1) is 14.9. The zero-order chi connectivity index (χ0) is 15.6. The summed E-state index contributed by atoms with van der Waals surface area (Å²) in [5.74, 6) is -2.22. The molecule has 0 aliphatic rings. The molecule has 0 atom stereocenters. The average Bonchev–Trinajstić information content (AvgIpc) is 2.40. The largest absolute Gasteiger partial charge is 0.399 e. The van der Waals surface area contributed by atoms with E-state index >= 15 is 0 Å². The van der Waals surface area contributed by atoms with E-state index in [9.17, 15) is 17.2 Å². The maximum absolute atomic E-state index is 13.6. The highest BCUT2D eigenvalue weighted by Gasteiger charge is 2.19. The van der Waals surface area contributed by atoms with Crippen LogP contribution in [0, 0.1) is 23.0 Å². The SMILES string of the molecule is N#Cc1ccc(F)c(CS(=O)(=O)c2cc(N)cc(F)c2)c1. The second kappa shape index (κ2) is 5.50.